The molecule has 0 aromatic rings. The van der Waals surface area contributed by atoms with Gasteiger partial charge in [0.25, 0.3) is 0 Å². The number of hydrogen-bond acceptors (Lipinski definition) is 7. The molecule has 3 atom stereocenters. The van der Waals surface area contributed by atoms with E-state index in [1.54, 1.807) is 11.8 Å². The smallest absolute Gasteiger partial charge is 0.308 e. The van der Waals surface area contributed by atoms with Gasteiger partial charge >= 0.3 is 5.97 Å². The fraction of sp³-hybridized carbons (Fsp3) is 0.733. The second-order valence-electron chi connectivity index (χ2n) is 5.86. The zero-order chi connectivity index (χ0) is 17.4. The van der Waals surface area contributed by atoms with Gasteiger partial charge in [-0.3, -0.25) is 4.79 Å². The number of guanidine groups is 1. The van der Waals surface area contributed by atoms with Gasteiger partial charge in [-0.25, -0.2) is 4.99 Å². The zero-order valence-corrected chi connectivity index (χ0v) is 13.4. The van der Waals surface area contributed by atoms with Crippen LogP contribution in [-0.2, 0) is 4.79 Å². The highest BCUT2D eigenvalue weighted by atomic mass is 16.4. The predicted molar refractivity (Wildman–Crippen MR) is 85.9 cm³/mol. The quantitative estimate of drug-likeness (QED) is 0.329. The van der Waals surface area contributed by atoms with E-state index in [-0.39, 0.29) is 32.1 Å². The SMILES string of the molecule is C/C(=C\CC[C@@H](C(=O)O)[C@@H]1CN(CC(O)CCO)C(N)=N1)CO. The van der Waals surface area contributed by atoms with Crippen molar-refractivity contribution in [1.82, 2.24) is 4.90 Å². The van der Waals surface area contributed by atoms with E-state index in [0.717, 1.165) is 5.57 Å². The first kappa shape index (κ1) is 19.4. The molecule has 0 bridgehead atoms. The fourth-order valence-electron chi connectivity index (χ4n) is 2.55. The van der Waals surface area contributed by atoms with Crippen LogP contribution in [0, 0.1) is 5.92 Å². The standard InChI is InChI=1S/C15H27N3O5/c1-10(9-20)3-2-4-12(14(22)23)13-8-18(15(16)17-13)7-11(21)5-6-19/h3,11-13,19-21H,2,4-9H2,1H3,(H2,16,17)(H,22,23)/b10-3+/t11?,12-,13+/m1/s1. The Morgan fingerprint density at radius 1 is 1.48 bits per heavy atom. The highest BCUT2D eigenvalue weighted by molar-refractivity contribution is 5.81. The van der Waals surface area contributed by atoms with E-state index < -0.39 is 24.0 Å². The molecular weight excluding hydrogens is 302 g/mol. The summed E-state index contributed by atoms with van der Waals surface area (Å²) in [6.45, 7) is 2.19. The van der Waals surface area contributed by atoms with Crippen LogP contribution in [0.4, 0.5) is 0 Å². The average Bonchev–Trinajstić information content (AvgIpc) is 2.83. The number of nitrogens with two attached hydrogens (primary N) is 1. The number of β-amino-alcohol motifs (C(OH)–C–C–N with tert-alkyl or cyclic N) is 1. The van der Waals surface area contributed by atoms with E-state index >= 15 is 0 Å². The molecule has 0 aromatic carbocycles. The first-order valence-electron chi connectivity index (χ1n) is 7.75. The molecule has 1 aliphatic rings. The highest BCUT2D eigenvalue weighted by Gasteiger charge is 2.34. The minimum absolute atomic E-state index is 0.0389. The first-order valence-corrected chi connectivity index (χ1v) is 7.75. The van der Waals surface area contributed by atoms with Gasteiger partial charge in [-0.15, -0.1) is 0 Å². The van der Waals surface area contributed by atoms with E-state index in [1.807, 2.05) is 6.08 Å². The second kappa shape index (κ2) is 9.49. The Morgan fingerprint density at radius 2 is 2.17 bits per heavy atom. The van der Waals surface area contributed by atoms with Gasteiger partial charge in [0.15, 0.2) is 5.96 Å². The van der Waals surface area contributed by atoms with Gasteiger partial charge in [0.1, 0.15) is 0 Å². The summed E-state index contributed by atoms with van der Waals surface area (Å²) < 4.78 is 0. The Labute approximate surface area is 135 Å². The summed E-state index contributed by atoms with van der Waals surface area (Å²) in [4.78, 5) is 17.4. The lowest BCUT2D eigenvalue weighted by atomic mass is 9.94. The van der Waals surface area contributed by atoms with Crippen LogP contribution >= 0.6 is 0 Å². The number of aliphatic hydroxyl groups is 3. The number of allylic oxidation sites excluding steroid dienone is 1. The number of carboxylic acid groups (broad SMARTS) is 1. The number of aliphatic carboxylic acids is 1. The van der Waals surface area contributed by atoms with E-state index in [1.165, 1.54) is 0 Å². The normalized spacial score (nSPS) is 21.2. The van der Waals surface area contributed by atoms with Gasteiger partial charge in [-0.05, 0) is 26.2 Å². The Morgan fingerprint density at radius 3 is 2.74 bits per heavy atom. The van der Waals surface area contributed by atoms with E-state index in [4.69, 9.17) is 15.9 Å². The first-order chi connectivity index (χ1) is 10.9. The van der Waals surface area contributed by atoms with Gasteiger partial charge in [-0.2, -0.15) is 0 Å². The van der Waals surface area contributed by atoms with Crippen LogP contribution in [-0.4, -0.2) is 75.7 Å². The maximum atomic E-state index is 11.5. The van der Waals surface area contributed by atoms with Crippen LogP contribution in [0.1, 0.15) is 26.2 Å². The molecule has 1 aliphatic heterocycles. The molecule has 1 rings (SSSR count). The molecule has 0 saturated heterocycles. The van der Waals surface area contributed by atoms with Crippen molar-refractivity contribution in [2.75, 3.05) is 26.3 Å². The zero-order valence-electron chi connectivity index (χ0n) is 13.4. The van der Waals surface area contributed by atoms with Crippen molar-refractivity contribution in [1.29, 1.82) is 0 Å². The molecule has 0 amide bonds. The van der Waals surface area contributed by atoms with E-state index in [2.05, 4.69) is 4.99 Å². The van der Waals surface area contributed by atoms with Gasteiger partial charge in [-0.1, -0.05) is 11.6 Å². The minimum Gasteiger partial charge on any atom is -0.481 e. The number of rotatable bonds is 10. The summed E-state index contributed by atoms with van der Waals surface area (Å²) in [6.07, 6.45) is 2.28. The van der Waals surface area contributed by atoms with E-state index in [0.29, 0.717) is 19.4 Å². The second-order valence-corrected chi connectivity index (χ2v) is 5.86. The third-order valence-corrected chi connectivity index (χ3v) is 3.92. The number of aliphatic imine (C=N–C) groups is 1. The van der Waals surface area contributed by atoms with Crippen molar-refractivity contribution >= 4 is 11.9 Å². The predicted octanol–water partition coefficient (Wildman–Crippen LogP) is -0.852. The molecule has 0 aliphatic carbocycles. The molecular formula is C15H27N3O5. The lowest BCUT2D eigenvalue weighted by Crippen LogP contribution is -2.41. The van der Waals surface area contributed by atoms with Crippen LogP contribution < -0.4 is 5.73 Å². The Hall–Kier alpha value is -1.64. The largest absolute Gasteiger partial charge is 0.481 e. The highest BCUT2D eigenvalue weighted by Crippen LogP contribution is 2.21. The summed E-state index contributed by atoms with van der Waals surface area (Å²) in [6, 6.07) is -0.461. The van der Waals surface area contributed by atoms with Crippen molar-refractivity contribution in [2.24, 2.45) is 16.6 Å². The third-order valence-electron chi connectivity index (χ3n) is 3.92. The van der Waals surface area contributed by atoms with Crippen LogP contribution in [0.25, 0.3) is 0 Å². The van der Waals surface area contributed by atoms with Crippen LogP contribution in [0.15, 0.2) is 16.6 Å². The molecule has 0 radical (unpaired) electrons. The number of aliphatic hydroxyl groups excluding tert-OH is 3. The number of carbonyl (C=O) groups is 1. The van der Waals surface area contributed by atoms with Crippen molar-refractivity contribution < 1.29 is 25.2 Å². The Bertz CT molecular complexity index is 452. The Balaban J connectivity index is 2.62. The molecule has 8 nitrogen and oxygen atoms in total. The molecule has 0 fully saturated rings. The van der Waals surface area contributed by atoms with Crippen molar-refractivity contribution in [3.05, 3.63) is 11.6 Å². The minimum atomic E-state index is -0.931. The number of carboxylic acids is 1. The molecule has 1 heterocycles. The maximum Gasteiger partial charge on any atom is 0.308 e. The summed E-state index contributed by atoms with van der Waals surface area (Å²) in [5.41, 5.74) is 6.62. The molecule has 0 aromatic heterocycles. The van der Waals surface area contributed by atoms with Crippen LogP contribution in [0.2, 0.25) is 0 Å². The molecule has 8 heteroatoms. The summed E-state index contributed by atoms with van der Waals surface area (Å²) in [5.74, 6) is -1.38. The maximum absolute atomic E-state index is 11.5. The molecule has 6 N–H and O–H groups in total. The lowest BCUT2D eigenvalue weighted by molar-refractivity contribution is -0.142. The lowest BCUT2D eigenvalue weighted by Gasteiger charge is -2.23. The van der Waals surface area contributed by atoms with Gasteiger partial charge in [0.2, 0.25) is 0 Å². The van der Waals surface area contributed by atoms with Gasteiger partial charge < -0.3 is 31.1 Å². The third kappa shape index (κ3) is 6.17. The van der Waals surface area contributed by atoms with Crippen LogP contribution in [0.3, 0.4) is 0 Å². The van der Waals surface area contributed by atoms with E-state index in [9.17, 15) is 15.0 Å². The summed E-state index contributed by atoms with van der Waals surface area (Å²) >= 11 is 0. The number of nitrogens with zero attached hydrogens (tertiary/aromatic N) is 2. The number of hydrogen-bond donors (Lipinski definition) is 5. The topological polar surface area (TPSA) is 140 Å². The van der Waals surface area contributed by atoms with Crippen molar-refractivity contribution in [3.8, 4) is 0 Å². The van der Waals surface area contributed by atoms with Crippen LogP contribution in [0.5, 0.6) is 0 Å². The molecule has 0 saturated carbocycles. The summed E-state index contributed by atoms with van der Waals surface area (Å²) in [7, 11) is 0. The molecule has 23 heavy (non-hydrogen) atoms. The molecule has 1 unspecified atom stereocenters. The summed E-state index contributed by atoms with van der Waals surface area (Å²) in [5, 5.41) is 36.9. The van der Waals surface area contributed by atoms with Gasteiger partial charge in [0.05, 0.1) is 24.7 Å². The fourth-order valence-corrected chi connectivity index (χ4v) is 2.55. The Kier molecular flexibility index (Phi) is 8.01. The average molecular weight is 329 g/mol. The monoisotopic (exact) mass is 329 g/mol. The molecule has 0 spiro atoms. The van der Waals surface area contributed by atoms with Crippen molar-refractivity contribution in [2.45, 2.75) is 38.3 Å². The van der Waals surface area contributed by atoms with Gasteiger partial charge in [0, 0.05) is 19.7 Å². The van der Waals surface area contributed by atoms with Crippen molar-refractivity contribution in [3.63, 3.8) is 0 Å². The molecule has 132 valence electrons.